The highest BCUT2D eigenvalue weighted by Gasteiger charge is 2.31. The number of amides is 1. The van der Waals surface area contributed by atoms with Crippen molar-refractivity contribution >= 4 is 34.3 Å². The van der Waals surface area contributed by atoms with Gasteiger partial charge >= 0.3 is 0 Å². The second-order valence-electron chi connectivity index (χ2n) is 6.17. The third-order valence-electron chi connectivity index (χ3n) is 4.52. The molecule has 0 saturated carbocycles. The molecule has 1 aliphatic heterocycles. The molecular formula is C20H17N3OS2. The van der Waals surface area contributed by atoms with Gasteiger partial charge in [0.1, 0.15) is 0 Å². The quantitative estimate of drug-likeness (QED) is 0.737. The van der Waals surface area contributed by atoms with Gasteiger partial charge in [-0.3, -0.25) is 9.69 Å². The first-order valence-corrected chi connectivity index (χ1v) is 10.1. The van der Waals surface area contributed by atoms with Gasteiger partial charge in [-0.05, 0) is 59.1 Å². The van der Waals surface area contributed by atoms with Crippen LogP contribution in [0, 0.1) is 11.3 Å². The minimum Gasteiger partial charge on any atom is -0.325 e. The number of nitrogens with zero attached hydrogens (tertiary/aromatic N) is 2. The van der Waals surface area contributed by atoms with Crippen molar-refractivity contribution in [3.63, 3.8) is 0 Å². The van der Waals surface area contributed by atoms with Crippen LogP contribution in [-0.4, -0.2) is 23.9 Å². The predicted molar refractivity (Wildman–Crippen MR) is 106 cm³/mol. The molecule has 6 heteroatoms. The number of hydrogen-bond acceptors (Lipinski definition) is 5. The van der Waals surface area contributed by atoms with Gasteiger partial charge in [0.2, 0.25) is 5.91 Å². The highest BCUT2D eigenvalue weighted by Crippen LogP contribution is 2.39. The molecule has 4 rings (SSSR count). The van der Waals surface area contributed by atoms with Crippen LogP contribution in [0.5, 0.6) is 0 Å². The Morgan fingerprint density at radius 2 is 2.04 bits per heavy atom. The fraction of sp³-hybridized carbons (Fsp3) is 0.200. The lowest BCUT2D eigenvalue weighted by atomic mass is 9.98. The third-order valence-corrected chi connectivity index (χ3v) is 6.44. The molecule has 0 fully saturated rings. The number of rotatable bonds is 4. The van der Waals surface area contributed by atoms with E-state index in [1.807, 2.05) is 0 Å². The van der Waals surface area contributed by atoms with Gasteiger partial charge in [-0.15, -0.1) is 22.7 Å². The smallest absolute Gasteiger partial charge is 0.238 e. The first-order chi connectivity index (χ1) is 12.7. The molecule has 2 aromatic heterocycles. The Labute approximate surface area is 160 Å². The molecule has 130 valence electrons. The van der Waals surface area contributed by atoms with E-state index in [9.17, 15) is 4.79 Å². The number of anilines is 1. The summed E-state index contributed by atoms with van der Waals surface area (Å²) in [7, 11) is 0. The van der Waals surface area contributed by atoms with Gasteiger partial charge < -0.3 is 5.32 Å². The van der Waals surface area contributed by atoms with Crippen LogP contribution in [0.2, 0.25) is 0 Å². The molecule has 3 aromatic rings. The summed E-state index contributed by atoms with van der Waals surface area (Å²) in [4.78, 5) is 17.5. The molecule has 0 saturated heterocycles. The molecule has 4 nitrogen and oxygen atoms in total. The van der Waals surface area contributed by atoms with Gasteiger partial charge in [0.15, 0.2) is 0 Å². The Kier molecular flexibility index (Phi) is 4.85. The molecule has 0 radical (unpaired) electrons. The van der Waals surface area contributed by atoms with E-state index in [0.717, 1.165) is 18.7 Å². The van der Waals surface area contributed by atoms with E-state index < -0.39 is 0 Å². The predicted octanol–water partition coefficient (Wildman–Crippen LogP) is 4.27. The topological polar surface area (TPSA) is 56.1 Å². The minimum absolute atomic E-state index is 0.0325. The number of nitriles is 1. The van der Waals surface area contributed by atoms with Crippen LogP contribution in [0.3, 0.4) is 0 Å². The average Bonchev–Trinajstić information content (AvgIpc) is 3.34. The van der Waals surface area contributed by atoms with E-state index in [-0.39, 0.29) is 11.9 Å². The van der Waals surface area contributed by atoms with Gasteiger partial charge in [-0.1, -0.05) is 6.07 Å². The number of thiophene rings is 2. The second kappa shape index (κ2) is 7.42. The van der Waals surface area contributed by atoms with Gasteiger partial charge in [-0.25, -0.2) is 0 Å². The summed E-state index contributed by atoms with van der Waals surface area (Å²) in [6.45, 7) is 1.22. The molecule has 0 bridgehead atoms. The van der Waals surface area contributed by atoms with Crippen LogP contribution in [0.15, 0.2) is 53.2 Å². The fourth-order valence-electron chi connectivity index (χ4n) is 3.33. The summed E-state index contributed by atoms with van der Waals surface area (Å²) in [5.41, 5.74) is 2.63. The van der Waals surface area contributed by atoms with Crippen molar-refractivity contribution < 1.29 is 4.79 Å². The fourth-order valence-corrected chi connectivity index (χ4v) is 5.11. The third kappa shape index (κ3) is 3.42. The van der Waals surface area contributed by atoms with Crippen molar-refractivity contribution in [3.05, 3.63) is 74.1 Å². The number of carbonyl (C=O) groups excluding carboxylic acids is 1. The zero-order valence-electron chi connectivity index (χ0n) is 14.0. The largest absolute Gasteiger partial charge is 0.325 e. The first kappa shape index (κ1) is 17.0. The maximum Gasteiger partial charge on any atom is 0.238 e. The van der Waals surface area contributed by atoms with Crippen molar-refractivity contribution in [2.75, 3.05) is 18.4 Å². The van der Waals surface area contributed by atoms with Gasteiger partial charge in [-0.2, -0.15) is 5.26 Å². The van der Waals surface area contributed by atoms with Crippen LogP contribution < -0.4 is 5.32 Å². The highest BCUT2D eigenvalue weighted by atomic mass is 32.1. The molecule has 0 unspecified atom stereocenters. The zero-order chi connectivity index (χ0) is 17.9. The number of fused-ring (bicyclic) bond motifs is 1. The van der Waals surface area contributed by atoms with E-state index in [4.69, 9.17) is 5.26 Å². The lowest BCUT2D eigenvalue weighted by molar-refractivity contribution is -0.117. The van der Waals surface area contributed by atoms with Crippen LogP contribution in [-0.2, 0) is 11.2 Å². The standard InChI is InChI=1S/C20H17N3OS2/c21-12-14-3-5-15(6-4-14)22-19(24)13-23-9-7-17-16(8-11-26-17)20(23)18-2-1-10-25-18/h1-6,8,10-11,20H,7,9,13H2,(H,22,24)/t20-/m0/s1. The van der Waals surface area contributed by atoms with E-state index in [2.05, 4.69) is 45.2 Å². The van der Waals surface area contributed by atoms with Crippen molar-refractivity contribution in [2.45, 2.75) is 12.5 Å². The Hall–Kier alpha value is -2.46. The molecule has 1 N–H and O–H groups in total. The SMILES string of the molecule is N#Cc1ccc(NC(=O)CN2CCc3sccc3[C@H]2c2cccs2)cc1. The van der Waals surface area contributed by atoms with E-state index in [1.165, 1.54) is 15.3 Å². The van der Waals surface area contributed by atoms with E-state index in [0.29, 0.717) is 12.1 Å². The maximum atomic E-state index is 12.6. The Bertz CT molecular complexity index is 938. The first-order valence-electron chi connectivity index (χ1n) is 8.38. The van der Waals surface area contributed by atoms with Crippen LogP contribution in [0.25, 0.3) is 0 Å². The van der Waals surface area contributed by atoms with Gasteiger partial charge in [0.05, 0.1) is 24.2 Å². The number of benzene rings is 1. The monoisotopic (exact) mass is 379 g/mol. The lowest BCUT2D eigenvalue weighted by Gasteiger charge is -2.34. The lowest BCUT2D eigenvalue weighted by Crippen LogP contribution is -2.40. The molecule has 26 heavy (non-hydrogen) atoms. The summed E-state index contributed by atoms with van der Waals surface area (Å²) < 4.78 is 0. The Morgan fingerprint density at radius 3 is 2.77 bits per heavy atom. The van der Waals surface area contributed by atoms with Crippen LogP contribution in [0.4, 0.5) is 5.69 Å². The van der Waals surface area contributed by atoms with Crippen molar-refractivity contribution in [1.29, 1.82) is 5.26 Å². The normalized spacial score (nSPS) is 16.7. The molecule has 1 amide bonds. The van der Waals surface area contributed by atoms with Crippen LogP contribution >= 0.6 is 22.7 Å². The number of carbonyl (C=O) groups is 1. The molecular weight excluding hydrogens is 362 g/mol. The highest BCUT2D eigenvalue weighted by molar-refractivity contribution is 7.10. The molecule has 0 spiro atoms. The minimum atomic E-state index is -0.0325. The Balaban J connectivity index is 1.51. The van der Waals surface area contributed by atoms with Crippen molar-refractivity contribution in [3.8, 4) is 6.07 Å². The molecule has 3 heterocycles. The summed E-state index contributed by atoms with van der Waals surface area (Å²) in [5, 5.41) is 16.0. The summed E-state index contributed by atoms with van der Waals surface area (Å²) >= 11 is 3.54. The van der Waals surface area contributed by atoms with Crippen LogP contribution in [0.1, 0.15) is 26.9 Å². The summed E-state index contributed by atoms with van der Waals surface area (Å²) in [6.07, 6.45) is 0.985. The van der Waals surface area contributed by atoms with E-state index in [1.54, 1.807) is 46.9 Å². The average molecular weight is 380 g/mol. The van der Waals surface area contributed by atoms with Gasteiger partial charge in [0, 0.05) is 22.0 Å². The van der Waals surface area contributed by atoms with E-state index >= 15 is 0 Å². The number of nitrogens with one attached hydrogen (secondary N) is 1. The van der Waals surface area contributed by atoms with Crippen molar-refractivity contribution in [1.82, 2.24) is 4.90 Å². The summed E-state index contributed by atoms with van der Waals surface area (Å²) in [5.74, 6) is -0.0325. The molecule has 1 atom stereocenters. The van der Waals surface area contributed by atoms with Gasteiger partial charge in [0.25, 0.3) is 0 Å². The number of hydrogen-bond donors (Lipinski definition) is 1. The Morgan fingerprint density at radius 1 is 1.19 bits per heavy atom. The maximum absolute atomic E-state index is 12.6. The zero-order valence-corrected chi connectivity index (χ0v) is 15.6. The van der Waals surface area contributed by atoms with Crippen molar-refractivity contribution in [2.24, 2.45) is 0 Å². The second-order valence-corrected chi connectivity index (χ2v) is 8.15. The molecule has 1 aromatic carbocycles. The molecule has 1 aliphatic rings. The molecule has 0 aliphatic carbocycles. The summed E-state index contributed by atoms with van der Waals surface area (Å²) in [6, 6.07) is 15.6.